The Hall–Kier alpha value is -0.0800. The molecule has 0 aromatic rings. The lowest BCUT2D eigenvalue weighted by atomic mass is 9.82. The lowest BCUT2D eigenvalue weighted by Gasteiger charge is -2.48. The quantitative estimate of drug-likeness (QED) is 0.820. The van der Waals surface area contributed by atoms with Gasteiger partial charge in [-0.1, -0.05) is 39.5 Å². The fourth-order valence-corrected chi connectivity index (χ4v) is 4.40. The van der Waals surface area contributed by atoms with E-state index in [4.69, 9.17) is 0 Å². The van der Waals surface area contributed by atoms with Crippen molar-refractivity contribution in [2.75, 3.05) is 13.6 Å². The van der Waals surface area contributed by atoms with Gasteiger partial charge in [0, 0.05) is 24.7 Å². The van der Waals surface area contributed by atoms with E-state index in [1.54, 1.807) is 0 Å². The lowest BCUT2D eigenvalue weighted by Crippen LogP contribution is -2.57. The first-order valence-electron chi connectivity index (χ1n) is 8.56. The highest BCUT2D eigenvalue weighted by Gasteiger charge is 2.36. The van der Waals surface area contributed by atoms with E-state index >= 15 is 0 Å². The molecule has 0 aromatic heterocycles. The van der Waals surface area contributed by atoms with Crippen LogP contribution in [0.15, 0.2) is 0 Å². The van der Waals surface area contributed by atoms with Crippen LogP contribution in [0.4, 0.5) is 0 Å². The molecule has 112 valence electrons. The number of piperidine rings is 1. The number of hydrogen-bond donors (Lipinski definition) is 1. The Morgan fingerprint density at radius 2 is 1.63 bits per heavy atom. The van der Waals surface area contributed by atoms with Gasteiger partial charge in [-0.05, 0) is 45.1 Å². The zero-order chi connectivity index (χ0) is 13.8. The minimum Gasteiger partial charge on any atom is -0.315 e. The molecule has 0 spiro atoms. The molecule has 1 heterocycles. The minimum atomic E-state index is 0.709. The second-order valence-electron chi connectivity index (χ2n) is 7.21. The van der Waals surface area contributed by atoms with Crippen molar-refractivity contribution in [3.8, 4) is 0 Å². The predicted octanol–water partition coefficient (Wildman–Crippen LogP) is 3.66. The molecule has 5 atom stereocenters. The molecular weight excluding hydrogens is 232 g/mol. The number of nitrogens with zero attached hydrogens (tertiary/aromatic N) is 1. The molecule has 1 aliphatic carbocycles. The van der Waals surface area contributed by atoms with E-state index in [1.807, 2.05) is 0 Å². The van der Waals surface area contributed by atoms with Crippen molar-refractivity contribution in [2.24, 2.45) is 11.8 Å². The van der Waals surface area contributed by atoms with E-state index in [0.717, 1.165) is 23.9 Å². The summed E-state index contributed by atoms with van der Waals surface area (Å²) >= 11 is 0. The van der Waals surface area contributed by atoms with Crippen LogP contribution in [0.3, 0.4) is 0 Å². The maximum absolute atomic E-state index is 3.63. The Kier molecular flexibility index (Phi) is 5.70. The Labute approximate surface area is 120 Å². The largest absolute Gasteiger partial charge is 0.315 e. The SMILES string of the molecule is CNC1CCCCCCC1N1CC(C)CC(C)C1C. The highest BCUT2D eigenvalue weighted by atomic mass is 15.2. The van der Waals surface area contributed by atoms with Gasteiger partial charge >= 0.3 is 0 Å². The van der Waals surface area contributed by atoms with Crippen LogP contribution >= 0.6 is 0 Å². The topological polar surface area (TPSA) is 15.3 Å². The molecule has 19 heavy (non-hydrogen) atoms. The van der Waals surface area contributed by atoms with Gasteiger partial charge in [-0.15, -0.1) is 0 Å². The molecule has 1 saturated heterocycles. The summed E-state index contributed by atoms with van der Waals surface area (Å²) in [4.78, 5) is 2.85. The van der Waals surface area contributed by atoms with Crippen LogP contribution in [0, 0.1) is 11.8 Å². The van der Waals surface area contributed by atoms with Gasteiger partial charge in [0.15, 0.2) is 0 Å². The number of likely N-dealkylation sites (N-methyl/N-ethyl adjacent to an activating group) is 1. The molecule has 0 bridgehead atoms. The third-order valence-corrected chi connectivity index (χ3v) is 5.67. The molecule has 5 unspecified atom stereocenters. The highest BCUT2D eigenvalue weighted by Crippen LogP contribution is 2.32. The van der Waals surface area contributed by atoms with E-state index in [9.17, 15) is 0 Å². The normalized spacial score (nSPS) is 42.6. The second-order valence-corrected chi connectivity index (χ2v) is 7.21. The molecule has 2 heteroatoms. The van der Waals surface area contributed by atoms with E-state index in [0.29, 0.717) is 6.04 Å². The van der Waals surface area contributed by atoms with E-state index in [-0.39, 0.29) is 0 Å². The lowest BCUT2D eigenvalue weighted by molar-refractivity contribution is 0.0178. The van der Waals surface area contributed by atoms with Gasteiger partial charge in [0.2, 0.25) is 0 Å². The molecule has 2 rings (SSSR count). The Morgan fingerprint density at radius 1 is 0.947 bits per heavy atom. The minimum absolute atomic E-state index is 0.709. The fraction of sp³-hybridized carbons (Fsp3) is 1.00. The third-order valence-electron chi connectivity index (χ3n) is 5.67. The fourth-order valence-electron chi connectivity index (χ4n) is 4.40. The Morgan fingerprint density at radius 3 is 2.32 bits per heavy atom. The zero-order valence-corrected chi connectivity index (χ0v) is 13.5. The van der Waals surface area contributed by atoms with Gasteiger partial charge in [0.25, 0.3) is 0 Å². The number of nitrogens with one attached hydrogen (secondary N) is 1. The number of likely N-dealkylation sites (tertiary alicyclic amines) is 1. The molecule has 0 aromatic carbocycles. The standard InChI is InChI=1S/C17H34N2/c1-13-11-14(2)15(3)19(12-13)17-10-8-6-5-7-9-16(17)18-4/h13-18H,5-12H2,1-4H3. The molecule has 0 amide bonds. The Balaban J connectivity index is 2.09. The molecule has 1 N–H and O–H groups in total. The maximum Gasteiger partial charge on any atom is 0.0252 e. The molecule has 2 nitrogen and oxygen atoms in total. The van der Waals surface area contributed by atoms with Crippen LogP contribution in [0.25, 0.3) is 0 Å². The molecule has 1 aliphatic heterocycles. The monoisotopic (exact) mass is 266 g/mol. The number of hydrogen-bond acceptors (Lipinski definition) is 2. The van der Waals surface area contributed by atoms with Crippen LogP contribution in [-0.2, 0) is 0 Å². The molecule has 1 saturated carbocycles. The molecule has 2 fully saturated rings. The smallest absolute Gasteiger partial charge is 0.0252 e. The summed E-state index contributed by atoms with van der Waals surface area (Å²) in [6, 6.07) is 2.24. The van der Waals surface area contributed by atoms with Gasteiger partial charge in [0.1, 0.15) is 0 Å². The summed E-state index contributed by atoms with van der Waals surface area (Å²) in [5.74, 6) is 1.72. The summed E-state index contributed by atoms with van der Waals surface area (Å²) in [6.45, 7) is 8.66. The summed E-state index contributed by atoms with van der Waals surface area (Å²) in [5.41, 5.74) is 0. The van der Waals surface area contributed by atoms with Crippen LogP contribution in [0.5, 0.6) is 0 Å². The van der Waals surface area contributed by atoms with Crippen molar-refractivity contribution in [3.05, 3.63) is 0 Å². The zero-order valence-electron chi connectivity index (χ0n) is 13.5. The molecule has 2 aliphatic rings. The van der Waals surface area contributed by atoms with Crippen molar-refractivity contribution in [1.82, 2.24) is 10.2 Å². The maximum atomic E-state index is 3.63. The summed E-state index contributed by atoms with van der Waals surface area (Å²) in [7, 11) is 2.17. The first-order valence-corrected chi connectivity index (χ1v) is 8.56. The van der Waals surface area contributed by atoms with Gasteiger partial charge in [-0.3, -0.25) is 4.90 Å². The van der Waals surface area contributed by atoms with E-state index in [1.165, 1.54) is 51.5 Å². The third kappa shape index (κ3) is 3.72. The van der Waals surface area contributed by atoms with Crippen molar-refractivity contribution in [2.45, 2.75) is 83.8 Å². The van der Waals surface area contributed by atoms with Crippen LogP contribution in [0.1, 0.15) is 65.7 Å². The average molecular weight is 266 g/mol. The van der Waals surface area contributed by atoms with Gasteiger partial charge in [-0.2, -0.15) is 0 Å². The van der Waals surface area contributed by atoms with Crippen molar-refractivity contribution in [3.63, 3.8) is 0 Å². The second kappa shape index (κ2) is 7.08. The van der Waals surface area contributed by atoms with Crippen molar-refractivity contribution < 1.29 is 0 Å². The highest BCUT2D eigenvalue weighted by molar-refractivity contribution is 4.92. The number of rotatable bonds is 2. The van der Waals surface area contributed by atoms with Crippen molar-refractivity contribution in [1.29, 1.82) is 0 Å². The molecular formula is C17H34N2. The average Bonchev–Trinajstić information content (AvgIpc) is 2.34. The van der Waals surface area contributed by atoms with Crippen LogP contribution in [-0.4, -0.2) is 36.6 Å². The summed E-state index contributed by atoms with van der Waals surface area (Å²) in [6.07, 6.45) is 9.90. The predicted molar refractivity (Wildman–Crippen MR) is 83.5 cm³/mol. The van der Waals surface area contributed by atoms with Crippen LogP contribution < -0.4 is 5.32 Å². The van der Waals surface area contributed by atoms with E-state index < -0.39 is 0 Å². The first kappa shape index (κ1) is 15.3. The van der Waals surface area contributed by atoms with Gasteiger partial charge < -0.3 is 5.32 Å². The van der Waals surface area contributed by atoms with Crippen molar-refractivity contribution >= 4 is 0 Å². The summed E-state index contributed by atoms with van der Waals surface area (Å²) < 4.78 is 0. The molecule has 0 radical (unpaired) electrons. The van der Waals surface area contributed by atoms with Gasteiger partial charge in [-0.25, -0.2) is 0 Å². The van der Waals surface area contributed by atoms with Crippen LogP contribution in [0.2, 0.25) is 0 Å². The first-order chi connectivity index (χ1) is 9.13. The Bertz CT molecular complexity index is 266. The van der Waals surface area contributed by atoms with Gasteiger partial charge in [0.05, 0.1) is 0 Å². The summed E-state index contributed by atoms with van der Waals surface area (Å²) in [5, 5.41) is 3.63. The van der Waals surface area contributed by atoms with E-state index in [2.05, 4.69) is 38.0 Å².